The highest BCUT2D eigenvalue weighted by Gasteiger charge is 2.23. The van der Waals surface area contributed by atoms with E-state index in [1.807, 2.05) is 32.6 Å². The highest BCUT2D eigenvalue weighted by Crippen LogP contribution is 2.19. The summed E-state index contributed by atoms with van der Waals surface area (Å²) in [6.07, 6.45) is 0. The van der Waals surface area contributed by atoms with Gasteiger partial charge in [-0.25, -0.2) is 0 Å². The Morgan fingerprint density at radius 3 is 1.64 bits per heavy atom. The second kappa shape index (κ2) is 5.18. The molecule has 0 saturated carbocycles. The lowest BCUT2D eigenvalue weighted by atomic mass is 10.1. The van der Waals surface area contributed by atoms with Crippen LogP contribution in [0, 0.1) is 11.8 Å². The number of amides is 1. The molecular formula is C12H23NO. The zero-order valence-corrected chi connectivity index (χ0v) is 10.3. The van der Waals surface area contributed by atoms with E-state index in [9.17, 15) is 4.79 Å². The third-order valence-corrected chi connectivity index (χ3v) is 2.22. The van der Waals surface area contributed by atoms with E-state index in [1.165, 1.54) is 0 Å². The Morgan fingerprint density at radius 2 is 1.43 bits per heavy atom. The third kappa shape index (κ3) is 3.17. The molecule has 0 saturated heterocycles. The minimum absolute atomic E-state index is 0.0351. The molecule has 0 aromatic carbocycles. The van der Waals surface area contributed by atoms with Gasteiger partial charge in [0, 0.05) is 17.7 Å². The number of rotatable bonds is 4. The lowest BCUT2D eigenvalue weighted by Gasteiger charge is -2.32. The summed E-state index contributed by atoms with van der Waals surface area (Å²) >= 11 is 0. The molecule has 0 fully saturated rings. The van der Waals surface area contributed by atoms with E-state index in [4.69, 9.17) is 0 Å². The van der Waals surface area contributed by atoms with Crippen molar-refractivity contribution in [3.05, 3.63) is 12.3 Å². The summed E-state index contributed by atoms with van der Waals surface area (Å²) in [6.45, 7) is 16.0. The summed E-state index contributed by atoms with van der Waals surface area (Å²) in [5.41, 5.74) is 0.915. The van der Waals surface area contributed by atoms with Crippen molar-refractivity contribution in [3.8, 4) is 0 Å². The van der Waals surface area contributed by atoms with E-state index in [0.29, 0.717) is 5.92 Å². The highest BCUT2D eigenvalue weighted by molar-refractivity contribution is 5.80. The van der Waals surface area contributed by atoms with E-state index in [-0.39, 0.29) is 17.9 Å². The summed E-state index contributed by atoms with van der Waals surface area (Å²) in [6, 6.07) is 0.194. The molecule has 14 heavy (non-hydrogen) atoms. The maximum absolute atomic E-state index is 11.9. The van der Waals surface area contributed by atoms with Crippen molar-refractivity contribution in [1.29, 1.82) is 0 Å². The van der Waals surface area contributed by atoms with Crippen LogP contribution in [0.25, 0.3) is 0 Å². The molecule has 0 aromatic heterocycles. The molecule has 0 atom stereocenters. The molecule has 0 rings (SSSR count). The van der Waals surface area contributed by atoms with Crippen molar-refractivity contribution >= 4 is 5.91 Å². The lowest BCUT2D eigenvalue weighted by Crippen LogP contribution is -2.39. The van der Waals surface area contributed by atoms with Crippen molar-refractivity contribution in [1.82, 2.24) is 4.90 Å². The molecule has 0 aromatic rings. The van der Waals surface area contributed by atoms with Crippen LogP contribution in [-0.2, 0) is 4.79 Å². The van der Waals surface area contributed by atoms with Gasteiger partial charge < -0.3 is 4.90 Å². The molecule has 1 amide bonds. The van der Waals surface area contributed by atoms with Crippen LogP contribution in [0.2, 0.25) is 0 Å². The SMILES string of the molecule is C=C(C(C)C)N(C(=O)C(C)C)C(C)C. The van der Waals surface area contributed by atoms with Crippen molar-refractivity contribution in [3.63, 3.8) is 0 Å². The van der Waals surface area contributed by atoms with Gasteiger partial charge in [0.2, 0.25) is 5.91 Å². The number of hydrogen-bond acceptors (Lipinski definition) is 1. The van der Waals surface area contributed by atoms with Gasteiger partial charge in [0.15, 0.2) is 0 Å². The minimum atomic E-state index is 0.0351. The molecule has 0 aliphatic rings. The zero-order valence-electron chi connectivity index (χ0n) is 10.3. The standard InChI is InChI=1S/C12H23NO/c1-8(2)11(7)13(10(5)6)12(14)9(3)4/h8-10H,7H2,1-6H3. The van der Waals surface area contributed by atoms with Gasteiger partial charge in [-0.3, -0.25) is 4.79 Å². The van der Waals surface area contributed by atoms with E-state index >= 15 is 0 Å². The predicted octanol–water partition coefficient (Wildman–Crippen LogP) is 3.05. The Morgan fingerprint density at radius 1 is 1.00 bits per heavy atom. The van der Waals surface area contributed by atoms with Gasteiger partial charge in [0.05, 0.1) is 0 Å². The summed E-state index contributed by atoms with van der Waals surface area (Å²) in [7, 11) is 0. The summed E-state index contributed by atoms with van der Waals surface area (Å²) in [5, 5.41) is 0. The van der Waals surface area contributed by atoms with E-state index in [0.717, 1.165) is 5.70 Å². The van der Waals surface area contributed by atoms with Crippen LogP contribution >= 0.6 is 0 Å². The topological polar surface area (TPSA) is 20.3 Å². The van der Waals surface area contributed by atoms with Gasteiger partial charge in [-0.15, -0.1) is 0 Å². The highest BCUT2D eigenvalue weighted by atomic mass is 16.2. The first-order valence-electron chi connectivity index (χ1n) is 5.30. The molecule has 0 N–H and O–H groups in total. The first-order valence-corrected chi connectivity index (χ1v) is 5.30. The molecule has 2 heteroatoms. The van der Waals surface area contributed by atoms with Crippen molar-refractivity contribution < 1.29 is 4.79 Å². The summed E-state index contributed by atoms with van der Waals surface area (Å²) < 4.78 is 0. The molecule has 0 aliphatic heterocycles. The smallest absolute Gasteiger partial charge is 0.229 e. The van der Waals surface area contributed by atoms with Crippen molar-refractivity contribution in [2.45, 2.75) is 47.6 Å². The van der Waals surface area contributed by atoms with Gasteiger partial charge >= 0.3 is 0 Å². The van der Waals surface area contributed by atoms with Crippen LogP contribution in [0.5, 0.6) is 0 Å². The Kier molecular flexibility index (Phi) is 4.89. The number of allylic oxidation sites excluding steroid dienone is 1. The van der Waals surface area contributed by atoms with Gasteiger partial charge in [-0.05, 0) is 19.8 Å². The monoisotopic (exact) mass is 197 g/mol. The van der Waals surface area contributed by atoms with Gasteiger partial charge in [-0.1, -0.05) is 34.3 Å². The van der Waals surface area contributed by atoms with Crippen LogP contribution in [0.15, 0.2) is 12.3 Å². The van der Waals surface area contributed by atoms with E-state index < -0.39 is 0 Å². The first-order chi connectivity index (χ1) is 6.29. The number of carbonyl (C=O) groups is 1. The second-order valence-electron chi connectivity index (χ2n) is 4.60. The Labute approximate surface area is 88.0 Å². The molecular weight excluding hydrogens is 174 g/mol. The summed E-state index contributed by atoms with van der Waals surface area (Å²) in [4.78, 5) is 13.7. The van der Waals surface area contributed by atoms with Crippen LogP contribution in [-0.4, -0.2) is 16.8 Å². The number of hydrogen-bond donors (Lipinski definition) is 0. The fourth-order valence-corrected chi connectivity index (χ4v) is 1.28. The maximum Gasteiger partial charge on any atom is 0.229 e. The number of carbonyl (C=O) groups excluding carboxylic acids is 1. The molecule has 0 spiro atoms. The fraction of sp³-hybridized carbons (Fsp3) is 0.750. The molecule has 0 bridgehead atoms. The van der Waals surface area contributed by atoms with Crippen LogP contribution < -0.4 is 0 Å². The molecule has 2 nitrogen and oxygen atoms in total. The van der Waals surface area contributed by atoms with Gasteiger partial charge in [-0.2, -0.15) is 0 Å². The van der Waals surface area contributed by atoms with Crippen LogP contribution in [0.1, 0.15) is 41.5 Å². The molecule has 82 valence electrons. The normalized spacial score (nSPS) is 11.2. The first kappa shape index (κ1) is 13.2. The lowest BCUT2D eigenvalue weighted by molar-refractivity contribution is -0.134. The Balaban J connectivity index is 4.78. The molecule has 0 aliphatic carbocycles. The predicted molar refractivity (Wildman–Crippen MR) is 60.8 cm³/mol. The van der Waals surface area contributed by atoms with Crippen LogP contribution in [0.3, 0.4) is 0 Å². The molecule has 0 heterocycles. The van der Waals surface area contributed by atoms with Gasteiger partial charge in [0.1, 0.15) is 0 Å². The fourth-order valence-electron chi connectivity index (χ4n) is 1.28. The van der Waals surface area contributed by atoms with E-state index in [2.05, 4.69) is 20.4 Å². The van der Waals surface area contributed by atoms with E-state index in [1.54, 1.807) is 0 Å². The molecule has 0 unspecified atom stereocenters. The quantitative estimate of drug-likeness (QED) is 0.678. The number of nitrogens with zero attached hydrogens (tertiary/aromatic N) is 1. The second-order valence-corrected chi connectivity index (χ2v) is 4.60. The average Bonchev–Trinajstić information content (AvgIpc) is 2.03. The Bertz CT molecular complexity index is 196. The van der Waals surface area contributed by atoms with Gasteiger partial charge in [0.25, 0.3) is 0 Å². The maximum atomic E-state index is 11.9. The average molecular weight is 197 g/mol. The zero-order chi connectivity index (χ0) is 11.5. The van der Waals surface area contributed by atoms with Crippen molar-refractivity contribution in [2.75, 3.05) is 0 Å². The summed E-state index contributed by atoms with van der Waals surface area (Å²) in [5.74, 6) is 0.520. The van der Waals surface area contributed by atoms with Crippen LogP contribution in [0.4, 0.5) is 0 Å². The van der Waals surface area contributed by atoms with Crippen molar-refractivity contribution in [2.24, 2.45) is 11.8 Å². The Hall–Kier alpha value is -0.790. The molecule has 0 radical (unpaired) electrons. The third-order valence-electron chi connectivity index (χ3n) is 2.22. The minimum Gasteiger partial charge on any atom is -0.314 e. The largest absolute Gasteiger partial charge is 0.314 e.